The molecule has 0 saturated carbocycles. The van der Waals surface area contributed by atoms with E-state index in [4.69, 9.17) is 10.2 Å². The van der Waals surface area contributed by atoms with Crippen molar-refractivity contribution in [3.63, 3.8) is 0 Å². The Morgan fingerprint density at radius 1 is 0.615 bits per heavy atom. The van der Waals surface area contributed by atoms with Gasteiger partial charge in [-0.05, 0) is 46.5 Å². The molecule has 0 aliphatic rings. The Morgan fingerprint density at radius 2 is 0.962 bits per heavy atom. The molecule has 2 aromatic carbocycles. The van der Waals surface area contributed by atoms with Crippen LogP contribution in [0.25, 0.3) is 11.1 Å². The second-order valence-corrected chi connectivity index (χ2v) is 5.20. The van der Waals surface area contributed by atoms with E-state index in [0.717, 1.165) is 36.4 Å². The highest BCUT2D eigenvalue weighted by Crippen LogP contribution is 2.37. The first-order valence-electron chi connectivity index (χ1n) is 7.13. The highest BCUT2D eigenvalue weighted by atomic mass is 16.4. The number of benzene rings is 2. The molecular weight excluding hydrogens is 344 g/mol. The van der Waals surface area contributed by atoms with Crippen molar-refractivity contribution in [1.82, 2.24) is 0 Å². The van der Waals surface area contributed by atoms with Gasteiger partial charge in [0.15, 0.2) is 23.0 Å². The van der Waals surface area contributed by atoms with Crippen molar-refractivity contribution >= 4 is 23.1 Å². The monoisotopic (exact) mass is 358 g/mol. The summed E-state index contributed by atoms with van der Waals surface area (Å²) in [5.41, 5.74) is 0.0334. The molecule has 0 heterocycles. The minimum Gasteiger partial charge on any atom is -0.504 e. The summed E-state index contributed by atoms with van der Waals surface area (Å²) in [6.45, 7) is 0. The lowest BCUT2D eigenvalue weighted by Gasteiger charge is -2.14. The summed E-state index contributed by atoms with van der Waals surface area (Å²) >= 11 is 0. The van der Waals surface area contributed by atoms with Crippen LogP contribution in [0.15, 0.2) is 48.6 Å². The zero-order chi connectivity index (χ0) is 19.4. The van der Waals surface area contributed by atoms with E-state index in [0.29, 0.717) is 0 Å². The summed E-state index contributed by atoms with van der Waals surface area (Å²) in [4.78, 5) is 22.5. The Bertz CT molecular complexity index is 863. The molecule has 0 amide bonds. The minimum absolute atomic E-state index is 0.0970. The van der Waals surface area contributed by atoms with Crippen molar-refractivity contribution in [2.45, 2.75) is 0 Å². The van der Waals surface area contributed by atoms with Gasteiger partial charge in [-0.25, -0.2) is 9.59 Å². The second kappa shape index (κ2) is 7.31. The standard InChI is InChI=1S/C18H14O8/c19-13-3-1-9(5-15(13)21)11(7-17(23)24)12(8-18(25)26)10-2-4-14(20)16(22)6-10/h1-8,19-22H,(H,23,24)(H,25,26)/b11-7+,12-8+. The molecule has 0 aromatic heterocycles. The first kappa shape index (κ1) is 18.4. The fraction of sp³-hybridized carbons (Fsp3) is 0. The van der Waals surface area contributed by atoms with Crippen LogP contribution in [0, 0.1) is 0 Å². The molecule has 8 nitrogen and oxygen atoms in total. The number of hydrogen-bond donors (Lipinski definition) is 6. The predicted octanol–water partition coefficient (Wildman–Crippen LogP) is 2.15. The first-order chi connectivity index (χ1) is 12.2. The van der Waals surface area contributed by atoms with Crippen molar-refractivity contribution < 1.29 is 40.2 Å². The van der Waals surface area contributed by atoms with Crippen LogP contribution in [0.5, 0.6) is 23.0 Å². The summed E-state index contributed by atoms with van der Waals surface area (Å²) in [6, 6.07) is 6.96. The Balaban J connectivity index is 2.74. The number of phenols is 4. The SMILES string of the molecule is O=C(O)/C=C(/C(=C/C(=O)O)c1ccc(O)c(O)c1)c1ccc(O)c(O)c1. The summed E-state index contributed by atoms with van der Waals surface area (Å²) in [5.74, 6) is -4.69. The van der Waals surface area contributed by atoms with Crippen LogP contribution in [-0.2, 0) is 9.59 Å². The summed E-state index contributed by atoms with van der Waals surface area (Å²) in [6.07, 6.45) is 1.45. The summed E-state index contributed by atoms with van der Waals surface area (Å²) in [5, 5.41) is 56.5. The minimum atomic E-state index is -1.38. The van der Waals surface area contributed by atoms with Crippen LogP contribution in [-0.4, -0.2) is 42.6 Å². The van der Waals surface area contributed by atoms with Gasteiger partial charge in [0, 0.05) is 12.2 Å². The van der Waals surface area contributed by atoms with Crippen LogP contribution < -0.4 is 0 Å². The van der Waals surface area contributed by atoms with Crippen molar-refractivity contribution in [2.75, 3.05) is 0 Å². The molecular formula is C18H14O8. The number of phenolic OH excluding ortho intramolecular Hbond substituents is 4. The molecule has 0 radical (unpaired) electrons. The Labute approximate surface area is 146 Å². The number of aromatic hydroxyl groups is 4. The lowest BCUT2D eigenvalue weighted by atomic mass is 9.91. The van der Waals surface area contributed by atoms with E-state index in [1.807, 2.05) is 0 Å². The van der Waals surface area contributed by atoms with E-state index < -0.39 is 34.9 Å². The van der Waals surface area contributed by atoms with E-state index in [1.54, 1.807) is 0 Å². The fourth-order valence-corrected chi connectivity index (χ4v) is 2.26. The second-order valence-electron chi connectivity index (χ2n) is 5.20. The van der Waals surface area contributed by atoms with Crippen molar-refractivity contribution in [3.8, 4) is 23.0 Å². The Morgan fingerprint density at radius 3 is 1.23 bits per heavy atom. The van der Waals surface area contributed by atoms with E-state index in [1.165, 1.54) is 12.1 Å². The van der Waals surface area contributed by atoms with Gasteiger partial charge in [-0.2, -0.15) is 0 Å². The normalized spacial score (nSPS) is 12.0. The van der Waals surface area contributed by atoms with Gasteiger partial charge >= 0.3 is 11.9 Å². The predicted molar refractivity (Wildman–Crippen MR) is 90.8 cm³/mol. The van der Waals surface area contributed by atoms with Crippen LogP contribution in [0.2, 0.25) is 0 Å². The number of allylic oxidation sites excluding steroid dienone is 2. The molecule has 0 aliphatic heterocycles. The maximum Gasteiger partial charge on any atom is 0.328 e. The zero-order valence-electron chi connectivity index (χ0n) is 13.1. The van der Waals surface area contributed by atoms with E-state index in [2.05, 4.69) is 0 Å². The van der Waals surface area contributed by atoms with Crippen molar-refractivity contribution in [1.29, 1.82) is 0 Å². The van der Waals surface area contributed by atoms with E-state index in [9.17, 15) is 30.0 Å². The van der Waals surface area contributed by atoms with Crippen LogP contribution in [0.4, 0.5) is 0 Å². The maximum atomic E-state index is 11.2. The molecule has 0 spiro atoms. The number of carboxylic acid groups (broad SMARTS) is 2. The molecule has 6 N–H and O–H groups in total. The van der Waals surface area contributed by atoms with Crippen molar-refractivity contribution in [2.24, 2.45) is 0 Å². The van der Waals surface area contributed by atoms with E-state index in [-0.39, 0.29) is 22.3 Å². The number of carbonyl (C=O) groups is 2. The zero-order valence-corrected chi connectivity index (χ0v) is 13.1. The molecule has 0 unspecified atom stereocenters. The average molecular weight is 358 g/mol. The summed E-state index contributed by atoms with van der Waals surface area (Å²) < 4.78 is 0. The first-order valence-corrected chi connectivity index (χ1v) is 7.13. The number of hydrogen-bond acceptors (Lipinski definition) is 6. The fourth-order valence-electron chi connectivity index (χ4n) is 2.26. The Hall–Kier alpha value is -3.94. The van der Waals surface area contributed by atoms with Gasteiger partial charge in [0.1, 0.15) is 0 Å². The topological polar surface area (TPSA) is 156 Å². The smallest absolute Gasteiger partial charge is 0.328 e. The number of aliphatic carboxylic acids is 2. The van der Waals surface area contributed by atoms with E-state index >= 15 is 0 Å². The molecule has 0 aliphatic carbocycles. The highest BCUT2D eigenvalue weighted by Gasteiger charge is 2.17. The van der Waals surface area contributed by atoms with Gasteiger partial charge in [-0.3, -0.25) is 0 Å². The molecule has 26 heavy (non-hydrogen) atoms. The third kappa shape index (κ3) is 4.12. The van der Waals surface area contributed by atoms with Crippen LogP contribution in [0.3, 0.4) is 0 Å². The van der Waals surface area contributed by atoms with Gasteiger partial charge in [0.25, 0.3) is 0 Å². The number of rotatable bonds is 5. The molecule has 2 rings (SSSR count). The lowest BCUT2D eigenvalue weighted by Crippen LogP contribution is -1.99. The molecule has 134 valence electrons. The molecule has 0 saturated heterocycles. The average Bonchev–Trinajstić information content (AvgIpc) is 2.55. The van der Waals surface area contributed by atoms with Gasteiger partial charge in [-0.1, -0.05) is 12.1 Å². The molecule has 0 fully saturated rings. The maximum absolute atomic E-state index is 11.2. The largest absolute Gasteiger partial charge is 0.504 e. The highest BCUT2D eigenvalue weighted by molar-refractivity contribution is 6.14. The third-order valence-electron chi connectivity index (χ3n) is 3.40. The Kier molecular flexibility index (Phi) is 5.17. The van der Waals surface area contributed by atoms with Gasteiger partial charge < -0.3 is 30.6 Å². The number of carboxylic acids is 2. The van der Waals surface area contributed by atoms with Gasteiger partial charge in [0.2, 0.25) is 0 Å². The summed E-state index contributed by atoms with van der Waals surface area (Å²) in [7, 11) is 0. The third-order valence-corrected chi connectivity index (χ3v) is 3.40. The van der Waals surface area contributed by atoms with Crippen LogP contribution in [0.1, 0.15) is 11.1 Å². The van der Waals surface area contributed by atoms with Gasteiger partial charge in [0.05, 0.1) is 0 Å². The quantitative estimate of drug-likeness (QED) is 0.270. The van der Waals surface area contributed by atoms with Gasteiger partial charge in [-0.15, -0.1) is 0 Å². The molecule has 2 aromatic rings. The molecule has 8 heteroatoms. The van der Waals surface area contributed by atoms with Crippen LogP contribution >= 0.6 is 0 Å². The molecule has 0 bridgehead atoms. The molecule has 0 atom stereocenters. The van der Waals surface area contributed by atoms with Crippen molar-refractivity contribution in [3.05, 3.63) is 59.7 Å². The lowest BCUT2D eigenvalue weighted by molar-refractivity contribution is -0.132.